The largest absolute Gasteiger partial charge is 0.371 e. The van der Waals surface area contributed by atoms with Gasteiger partial charge in [-0.25, -0.2) is 0 Å². The third-order valence-corrected chi connectivity index (χ3v) is 2.62. The number of aryl methyl sites for hydroxylation is 1. The van der Waals surface area contributed by atoms with Crippen molar-refractivity contribution in [2.75, 3.05) is 18.0 Å². The van der Waals surface area contributed by atoms with Crippen LogP contribution in [0.2, 0.25) is 0 Å². The number of hydrogen-bond acceptors (Lipinski definition) is 3. The van der Waals surface area contributed by atoms with Crippen LogP contribution >= 0.6 is 0 Å². The van der Waals surface area contributed by atoms with Gasteiger partial charge in [-0.05, 0) is 37.6 Å². The third-order valence-electron chi connectivity index (χ3n) is 2.62. The van der Waals surface area contributed by atoms with Crippen LogP contribution in [0.25, 0.3) is 0 Å². The van der Waals surface area contributed by atoms with Crippen LogP contribution in [0.15, 0.2) is 18.2 Å². The number of nitrogens with zero attached hydrogens (tertiary/aromatic N) is 2. The lowest BCUT2D eigenvalue weighted by molar-refractivity contribution is 0.112. The zero-order valence-electron chi connectivity index (χ0n) is 9.73. The molecular formula is C13H16N2O. The predicted molar refractivity (Wildman–Crippen MR) is 64.7 cm³/mol. The SMILES string of the molecule is CCN(CCC#N)c1ccc(C=O)c(C)c1. The van der Waals surface area contributed by atoms with Gasteiger partial charge >= 0.3 is 0 Å². The van der Waals surface area contributed by atoms with Crippen LogP contribution in [0.5, 0.6) is 0 Å². The highest BCUT2D eigenvalue weighted by molar-refractivity contribution is 5.78. The summed E-state index contributed by atoms with van der Waals surface area (Å²) in [6.07, 6.45) is 1.38. The second kappa shape index (κ2) is 5.92. The summed E-state index contributed by atoms with van der Waals surface area (Å²) >= 11 is 0. The summed E-state index contributed by atoms with van der Waals surface area (Å²) in [5.41, 5.74) is 2.77. The van der Waals surface area contributed by atoms with Crippen molar-refractivity contribution >= 4 is 12.0 Å². The van der Waals surface area contributed by atoms with E-state index in [1.807, 2.05) is 25.1 Å². The van der Waals surface area contributed by atoms with Gasteiger partial charge in [-0.2, -0.15) is 5.26 Å². The van der Waals surface area contributed by atoms with E-state index in [2.05, 4.69) is 17.9 Å². The first-order chi connectivity index (χ1) is 7.72. The molecule has 0 heterocycles. The zero-order valence-corrected chi connectivity index (χ0v) is 9.73. The molecule has 1 aromatic rings. The molecule has 0 aliphatic carbocycles. The number of nitriles is 1. The Morgan fingerprint density at radius 2 is 2.25 bits per heavy atom. The number of aldehydes is 1. The molecule has 0 aliphatic heterocycles. The number of rotatable bonds is 5. The van der Waals surface area contributed by atoms with Crippen molar-refractivity contribution in [1.29, 1.82) is 5.26 Å². The molecule has 3 nitrogen and oxygen atoms in total. The Morgan fingerprint density at radius 3 is 2.75 bits per heavy atom. The molecule has 1 rings (SSSR count). The third kappa shape index (κ3) is 2.83. The van der Waals surface area contributed by atoms with Gasteiger partial charge in [-0.15, -0.1) is 0 Å². The average Bonchev–Trinajstić information content (AvgIpc) is 2.30. The van der Waals surface area contributed by atoms with Crippen LogP contribution in [0.4, 0.5) is 5.69 Å². The molecule has 0 aromatic heterocycles. The van der Waals surface area contributed by atoms with Crippen LogP contribution in [0.1, 0.15) is 29.3 Å². The van der Waals surface area contributed by atoms with Crippen LogP contribution in [-0.4, -0.2) is 19.4 Å². The Labute approximate surface area is 96.3 Å². The van der Waals surface area contributed by atoms with Crippen LogP contribution in [0.3, 0.4) is 0 Å². The molecule has 16 heavy (non-hydrogen) atoms. The summed E-state index contributed by atoms with van der Waals surface area (Å²) < 4.78 is 0. The maximum absolute atomic E-state index is 10.7. The number of carbonyl (C=O) groups excluding carboxylic acids is 1. The Morgan fingerprint density at radius 1 is 1.50 bits per heavy atom. The normalized spacial score (nSPS) is 9.56. The highest BCUT2D eigenvalue weighted by Crippen LogP contribution is 2.18. The molecule has 0 spiro atoms. The second-order valence-corrected chi connectivity index (χ2v) is 3.65. The molecule has 0 unspecified atom stereocenters. The minimum Gasteiger partial charge on any atom is -0.371 e. The number of hydrogen-bond donors (Lipinski definition) is 0. The molecule has 0 fully saturated rings. The van der Waals surface area contributed by atoms with E-state index in [0.29, 0.717) is 6.42 Å². The minimum absolute atomic E-state index is 0.516. The van der Waals surface area contributed by atoms with Gasteiger partial charge in [0.1, 0.15) is 6.29 Å². The number of carbonyl (C=O) groups is 1. The van der Waals surface area contributed by atoms with E-state index in [4.69, 9.17) is 5.26 Å². The Kier molecular flexibility index (Phi) is 4.53. The van der Waals surface area contributed by atoms with E-state index in [-0.39, 0.29) is 0 Å². The molecule has 0 saturated heterocycles. The second-order valence-electron chi connectivity index (χ2n) is 3.65. The van der Waals surface area contributed by atoms with Gasteiger partial charge in [0.25, 0.3) is 0 Å². The molecule has 0 radical (unpaired) electrons. The van der Waals surface area contributed by atoms with Crippen molar-refractivity contribution in [3.63, 3.8) is 0 Å². The average molecular weight is 216 g/mol. The molecule has 0 amide bonds. The van der Waals surface area contributed by atoms with Crippen LogP contribution < -0.4 is 4.90 Å². The molecule has 0 saturated carbocycles. The summed E-state index contributed by atoms with van der Waals surface area (Å²) in [6.45, 7) is 5.57. The van der Waals surface area contributed by atoms with Crippen LogP contribution in [-0.2, 0) is 0 Å². The fourth-order valence-corrected chi connectivity index (χ4v) is 1.64. The number of anilines is 1. The van der Waals surface area contributed by atoms with E-state index >= 15 is 0 Å². The topological polar surface area (TPSA) is 44.1 Å². The molecule has 0 atom stereocenters. The van der Waals surface area contributed by atoms with E-state index in [9.17, 15) is 4.79 Å². The highest BCUT2D eigenvalue weighted by atomic mass is 16.1. The Hall–Kier alpha value is -1.82. The predicted octanol–water partition coefficient (Wildman–Crippen LogP) is 2.55. The van der Waals surface area contributed by atoms with Gasteiger partial charge < -0.3 is 4.90 Å². The fourth-order valence-electron chi connectivity index (χ4n) is 1.64. The summed E-state index contributed by atoms with van der Waals surface area (Å²) in [7, 11) is 0. The van der Waals surface area contributed by atoms with Gasteiger partial charge in [0.15, 0.2) is 0 Å². The van der Waals surface area contributed by atoms with Crippen molar-refractivity contribution in [2.24, 2.45) is 0 Å². The van der Waals surface area contributed by atoms with E-state index in [0.717, 1.165) is 36.2 Å². The fraction of sp³-hybridized carbons (Fsp3) is 0.385. The Balaban J connectivity index is 2.89. The lowest BCUT2D eigenvalue weighted by Gasteiger charge is -2.22. The van der Waals surface area contributed by atoms with Gasteiger partial charge in [0.2, 0.25) is 0 Å². The Bertz CT molecular complexity index is 407. The first-order valence-electron chi connectivity index (χ1n) is 5.40. The maximum atomic E-state index is 10.7. The van der Waals surface area contributed by atoms with Gasteiger partial charge in [0, 0.05) is 24.3 Å². The molecule has 0 aliphatic rings. The van der Waals surface area contributed by atoms with Gasteiger partial charge in [-0.3, -0.25) is 4.79 Å². The van der Waals surface area contributed by atoms with Crippen molar-refractivity contribution in [1.82, 2.24) is 0 Å². The van der Waals surface area contributed by atoms with Crippen LogP contribution in [0, 0.1) is 18.3 Å². The molecule has 84 valence electrons. The van der Waals surface area contributed by atoms with Gasteiger partial charge in [0.05, 0.1) is 12.5 Å². The van der Waals surface area contributed by atoms with E-state index < -0.39 is 0 Å². The molecule has 3 heteroatoms. The lowest BCUT2D eigenvalue weighted by atomic mass is 10.1. The smallest absolute Gasteiger partial charge is 0.150 e. The van der Waals surface area contributed by atoms with E-state index in [1.165, 1.54) is 0 Å². The number of benzene rings is 1. The maximum Gasteiger partial charge on any atom is 0.150 e. The first kappa shape index (κ1) is 12.3. The van der Waals surface area contributed by atoms with Crippen molar-refractivity contribution in [3.8, 4) is 6.07 Å². The monoisotopic (exact) mass is 216 g/mol. The van der Waals surface area contributed by atoms with E-state index in [1.54, 1.807) is 0 Å². The first-order valence-corrected chi connectivity index (χ1v) is 5.40. The summed E-state index contributed by atoms with van der Waals surface area (Å²) in [5, 5.41) is 8.57. The minimum atomic E-state index is 0.516. The van der Waals surface area contributed by atoms with Crippen molar-refractivity contribution in [3.05, 3.63) is 29.3 Å². The van der Waals surface area contributed by atoms with Gasteiger partial charge in [-0.1, -0.05) is 0 Å². The lowest BCUT2D eigenvalue weighted by Crippen LogP contribution is -2.23. The molecule has 0 bridgehead atoms. The standard InChI is InChI=1S/C13H16N2O/c1-3-15(8-4-7-14)13-6-5-12(10-16)11(2)9-13/h5-6,9-10H,3-4,8H2,1-2H3. The molecular weight excluding hydrogens is 200 g/mol. The molecule has 0 N–H and O–H groups in total. The zero-order chi connectivity index (χ0) is 12.0. The summed E-state index contributed by atoms with van der Waals surface area (Å²) in [6, 6.07) is 7.89. The highest BCUT2D eigenvalue weighted by Gasteiger charge is 2.05. The van der Waals surface area contributed by atoms with Crippen molar-refractivity contribution in [2.45, 2.75) is 20.3 Å². The quantitative estimate of drug-likeness (QED) is 0.710. The molecule has 1 aromatic carbocycles. The van der Waals surface area contributed by atoms with Crippen molar-refractivity contribution < 1.29 is 4.79 Å². The summed E-state index contributed by atoms with van der Waals surface area (Å²) in [5.74, 6) is 0. The summed E-state index contributed by atoms with van der Waals surface area (Å²) in [4.78, 5) is 12.8.